The number of hydrogen-bond donors (Lipinski definition) is 1. The standard InChI is InChI=1S/C16H17Br2NO/c1-11(19)16(13-5-3-7-15(18)9-13)20-10-12-4-2-6-14(17)8-12/h2-9,11,16H,10,19H2,1H3. The van der Waals surface area contributed by atoms with Crippen LogP contribution in [0.5, 0.6) is 0 Å². The molecule has 2 rings (SSSR count). The zero-order chi connectivity index (χ0) is 14.5. The summed E-state index contributed by atoms with van der Waals surface area (Å²) in [6.45, 7) is 2.50. The van der Waals surface area contributed by atoms with Crippen LogP contribution in [0.15, 0.2) is 57.5 Å². The van der Waals surface area contributed by atoms with Gasteiger partial charge in [-0.3, -0.25) is 0 Å². The van der Waals surface area contributed by atoms with Crippen LogP contribution in [0, 0.1) is 0 Å². The number of rotatable bonds is 5. The van der Waals surface area contributed by atoms with E-state index in [0.29, 0.717) is 6.61 Å². The van der Waals surface area contributed by atoms with Crippen molar-refractivity contribution in [2.75, 3.05) is 0 Å². The van der Waals surface area contributed by atoms with Gasteiger partial charge in [0, 0.05) is 15.0 Å². The summed E-state index contributed by atoms with van der Waals surface area (Å²) in [6, 6.07) is 16.1. The van der Waals surface area contributed by atoms with E-state index in [0.717, 1.165) is 20.1 Å². The van der Waals surface area contributed by atoms with E-state index >= 15 is 0 Å². The molecule has 0 saturated heterocycles. The lowest BCUT2D eigenvalue weighted by Crippen LogP contribution is -2.27. The summed E-state index contributed by atoms with van der Waals surface area (Å²) in [4.78, 5) is 0. The molecule has 20 heavy (non-hydrogen) atoms. The van der Waals surface area contributed by atoms with Crippen LogP contribution in [0.4, 0.5) is 0 Å². The van der Waals surface area contributed by atoms with E-state index in [2.05, 4.69) is 44.0 Å². The summed E-state index contributed by atoms with van der Waals surface area (Å²) in [5, 5.41) is 0. The zero-order valence-corrected chi connectivity index (χ0v) is 14.4. The van der Waals surface area contributed by atoms with Crippen molar-refractivity contribution >= 4 is 31.9 Å². The Morgan fingerprint density at radius 1 is 1.05 bits per heavy atom. The molecule has 0 aliphatic rings. The minimum absolute atomic E-state index is 0.0727. The molecule has 0 aliphatic heterocycles. The fourth-order valence-electron chi connectivity index (χ4n) is 2.05. The Bertz CT molecular complexity index is 572. The maximum Gasteiger partial charge on any atom is 0.0977 e. The summed E-state index contributed by atoms with van der Waals surface area (Å²) in [5.41, 5.74) is 8.28. The highest BCUT2D eigenvalue weighted by atomic mass is 79.9. The van der Waals surface area contributed by atoms with Gasteiger partial charge in [-0.05, 0) is 42.3 Å². The number of benzene rings is 2. The van der Waals surface area contributed by atoms with Crippen molar-refractivity contribution in [3.8, 4) is 0 Å². The molecule has 0 spiro atoms. The molecule has 0 saturated carbocycles. The minimum atomic E-state index is -0.119. The van der Waals surface area contributed by atoms with Gasteiger partial charge in [0.15, 0.2) is 0 Å². The topological polar surface area (TPSA) is 35.2 Å². The SMILES string of the molecule is CC(N)C(OCc1cccc(Br)c1)c1cccc(Br)c1. The normalized spacial score (nSPS) is 14.0. The van der Waals surface area contributed by atoms with Crippen molar-refractivity contribution in [3.63, 3.8) is 0 Å². The number of nitrogens with two attached hydrogens (primary N) is 1. The average Bonchev–Trinajstić information content (AvgIpc) is 2.38. The smallest absolute Gasteiger partial charge is 0.0977 e. The van der Waals surface area contributed by atoms with Crippen molar-refractivity contribution in [2.45, 2.75) is 25.7 Å². The molecule has 4 heteroatoms. The maximum atomic E-state index is 6.06. The van der Waals surface area contributed by atoms with Gasteiger partial charge < -0.3 is 10.5 Å². The Hall–Kier alpha value is -0.680. The number of ether oxygens (including phenoxy) is 1. The number of halogens is 2. The van der Waals surface area contributed by atoms with Crippen LogP contribution in [-0.4, -0.2) is 6.04 Å². The Morgan fingerprint density at radius 3 is 2.30 bits per heavy atom. The lowest BCUT2D eigenvalue weighted by atomic mass is 10.0. The summed E-state index contributed by atoms with van der Waals surface area (Å²) in [7, 11) is 0. The second-order valence-electron chi connectivity index (χ2n) is 4.78. The molecule has 2 aromatic rings. The molecule has 0 radical (unpaired) electrons. The van der Waals surface area contributed by atoms with E-state index < -0.39 is 0 Å². The van der Waals surface area contributed by atoms with Crippen LogP contribution in [-0.2, 0) is 11.3 Å². The van der Waals surface area contributed by atoms with Crippen molar-refractivity contribution in [2.24, 2.45) is 5.73 Å². The Labute approximate surface area is 136 Å². The lowest BCUT2D eigenvalue weighted by Gasteiger charge is -2.22. The van der Waals surface area contributed by atoms with Gasteiger partial charge >= 0.3 is 0 Å². The largest absolute Gasteiger partial charge is 0.367 e. The third-order valence-electron chi connectivity index (χ3n) is 2.97. The Kier molecular flexibility index (Phi) is 5.78. The summed E-state index contributed by atoms with van der Waals surface area (Å²) in [6.07, 6.45) is -0.119. The molecule has 2 nitrogen and oxygen atoms in total. The summed E-state index contributed by atoms with van der Waals surface area (Å²) in [5.74, 6) is 0. The predicted octanol–water partition coefficient (Wildman–Crippen LogP) is 4.82. The first kappa shape index (κ1) is 15.7. The van der Waals surface area contributed by atoms with Crippen molar-refractivity contribution < 1.29 is 4.74 Å². The first-order chi connectivity index (χ1) is 9.56. The lowest BCUT2D eigenvalue weighted by molar-refractivity contribution is 0.0258. The third-order valence-corrected chi connectivity index (χ3v) is 3.96. The average molecular weight is 399 g/mol. The van der Waals surface area contributed by atoms with Crippen LogP contribution < -0.4 is 5.73 Å². The van der Waals surface area contributed by atoms with Gasteiger partial charge in [0.25, 0.3) is 0 Å². The molecule has 2 atom stereocenters. The van der Waals surface area contributed by atoms with Crippen molar-refractivity contribution in [3.05, 3.63) is 68.6 Å². The molecule has 0 fully saturated rings. The molecular formula is C16H17Br2NO. The van der Waals surface area contributed by atoms with Crippen molar-refractivity contribution in [1.29, 1.82) is 0 Å². The van der Waals surface area contributed by atoms with Crippen LogP contribution >= 0.6 is 31.9 Å². The molecule has 0 aliphatic carbocycles. The van der Waals surface area contributed by atoms with Crippen LogP contribution in [0.25, 0.3) is 0 Å². The fourth-order valence-corrected chi connectivity index (χ4v) is 2.91. The van der Waals surface area contributed by atoms with Gasteiger partial charge in [-0.2, -0.15) is 0 Å². The summed E-state index contributed by atoms with van der Waals surface area (Å²) < 4.78 is 8.11. The third kappa shape index (κ3) is 4.42. The molecular weight excluding hydrogens is 382 g/mol. The number of hydrogen-bond acceptors (Lipinski definition) is 2. The Morgan fingerprint density at radius 2 is 1.70 bits per heavy atom. The van der Waals surface area contributed by atoms with Gasteiger partial charge in [-0.1, -0.05) is 56.1 Å². The highest BCUT2D eigenvalue weighted by molar-refractivity contribution is 9.10. The van der Waals surface area contributed by atoms with Crippen LogP contribution in [0.3, 0.4) is 0 Å². The highest BCUT2D eigenvalue weighted by Crippen LogP contribution is 2.25. The van der Waals surface area contributed by atoms with Gasteiger partial charge in [-0.15, -0.1) is 0 Å². The second kappa shape index (κ2) is 7.36. The van der Waals surface area contributed by atoms with Gasteiger partial charge in [0.1, 0.15) is 0 Å². The van der Waals surface area contributed by atoms with Gasteiger partial charge in [-0.25, -0.2) is 0 Å². The van der Waals surface area contributed by atoms with E-state index in [1.807, 2.05) is 43.3 Å². The molecule has 2 unspecified atom stereocenters. The van der Waals surface area contributed by atoms with E-state index in [9.17, 15) is 0 Å². The first-order valence-electron chi connectivity index (χ1n) is 6.43. The van der Waals surface area contributed by atoms with E-state index in [1.54, 1.807) is 0 Å². The van der Waals surface area contributed by atoms with Crippen molar-refractivity contribution in [1.82, 2.24) is 0 Å². The molecule has 2 N–H and O–H groups in total. The zero-order valence-electron chi connectivity index (χ0n) is 11.2. The maximum absolute atomic E-state index is 6.06. The molecule has 0 amide bonds. The van der Waals surface area contributed by atoms with E-state index in [-0.39, 0.29) is 12.1 Å². The molecule has 0 aromatic heterocycles. The van der Waals surface area contributed by atoms with E-state index in [1.165, 1.54) is 0 Å². The first-order valence-corrected chi connectivity index (χ1v) is 8.02. The van der Waals surface area contributed by atoms with E-state index in [4.69, 9.17) is 10.5 Å². The molecule has 2 aromatic carbocycles. The van der Waals surface area contributed by atoms with Crippen LogP contribution in [0.1, 0.15) is 24.2 Å². The Balaban J connectivity index is 2.10. The molecule has 0 bridgehead atoms. The molecule has 106 valence electrons. The van der Waals surface area contributed by atoms with Gasteiger partial charge in [0.2, 0.25) is 0 Å². The van der Waals surface area contributed by atoms with Crippen LogP contribution in [0.2, 0.25) is 0 Å². The predicted molar refractivity (Wildman–Crippen MR) is 89.5 cm³/mol. The monoisotopic (exact) mass is 397 g/mol. The quantitative estimate of drug-likeness (QED) is 0.783. The van der Waals surface area contributed by atoms with Gasteiger partial charge in [0.05, 0.1) is 12.7 Å². The fraction of sp³-hybridized carbons (Fsp3) is 0.250. The minimum Gasteiger partial charge on any atom is -0.367 e. The summed E-state index contributed by atoms with van der Waals surface area (Å²) >= 11 is 6.95. The highest BCUT2D eigenvalue weighted by Gasteiger charge is 2.17. The second-order valence-corrected chi connectivity index (χ2v) is 6.61. The molecule has 0 heterocycles.